The fourth-order valence-corrected chi connectivity index (χ4v) is 5.91. The van der Waals surface area contributed by atoms with Crippen molar-refractivity contribution in [3.8, 4) is 0 Å². The summed E-state index contributed by atoms with van der Waals surface area (Å²) in [5, 5.41) is 2.24. The summed E-state index contributed by atoms with van der Waals surface area (Å²) in [6.45, 7) is 2.49. The Hall–Kier alpha value is 0.350. The van der Waals surface area contributed by atoms with Crippen molar-refractivity contribution in [3.05, 3.63) is 0 Å². The predicted molar refractivity (Wildman–Crippen MR) is 53.2 cm³/mol. The molecule has 0 aliphatic carbocycles. The van der Waals surface area contributed by atoms with Crippen LogP contribution < -0.4 is 0 Å². The highest BCUT2D eigenvalue weighted by atomic mass is 32.2. The van der Waals surface area contributed by atoms with Gasteiger partial charge in [-0.15, -0.1) is 0 Å². The lowest BCUT2D eigenvalue weighted by Gasteiger charge is -2.31. The molecule has 0 bridgehead atoms. The molecule has 2 aliphatic rings. The first-order valence-corrected chi connectivity index (χ1v) is 6.58. The fraction of sp³-hybridized carbons (Fsp3) is 1.00. The summed E-state index contributed by atoms with van der Waals surface area (Å²) in [4.78, 5) is 0. The summed E-state index contributed by atoms with van der Waals surface area (Å²) in [6, 6.07) is 0. The van der Waals surface area contributed by atoms with Crippen LogP contribution in [0.25, 0.3) is 0 Å². The predicted octanol–water partition coefficient (Wildman–Crippen LogP) is 2.73. The summed E-state index contributed by atoms with van der Waals surface area (Å²) in [5.74, 6) is 1.58. The molecule has 0 aromatic heterocycles. The molecule has 11 heavy (non-hydrogen) atoms. The molecule has 0 saturated carbocycles. The Balaban J connectivity index is 1.99. The maximum absolute atomic E-state index is 2.49. The van der Waals surface area contributed by atoms with Gasteiger partial charge in [-0.05, 0) is 56.3 Å². The Morgan fingerprint density at radius 3 is 2.64 bits per heavy atom. The van der Waals surface area contributed by atoms with Crippen LogP contribution >= 0.6 is 0 Å². The summed E-state index contributed by atoms with van der Waals surface area (Å²) < 4.78 is 0. The van der Waals surface area contributed by atoms with E-state index in [1.807, 2.05) is 0 Å². The van der Waals surface area contributed by atoms with Gasteiger partial charge in [-0.3, -0.25) is 0 Å². The third kappa shape index (κ3) is 1.58. The van der Waals surface area contributed by atoms with E-state index in [9.17, 15) is 0 Å². The molecule has 0 aromatic carbocycles. The van der Waals surface area contributed by atoms with Crippen molar-refractivity contribution < 1.29 is 0 Å². The van der Waals surface area contributed by atoms with Crippen LogP contribution in [0.15, 0.2) is 0 Å². The first-order chi connectivity index (χ1) is 5.38. The molecular formula is C10H19S+. The average Bonchev–Trinajstić information content (AvgIpc) is 2.06. The van der Waals surface area contributed by atoms with E-state index in [-0.39, 0.29) is 0 Å². The zero-order valence-corrected chi connectivity index (χ0v) is 8.33. The van der Waals surface area contributed by atoms with Crippen molar-refractivity contribution in [3.63, 3.8) is 0 Å². The van der Waals surface area contributed by atoms with Crippen molar-refractivity contribution in [2.45, 2.75) is 55.9 Å². The highest BCUT2D eigenvalue weighted by Crippen LogP contribution is 2.34. The van der Waals surface area contributed by atoms with Gasteiger partial charge in [0, 0.05) is 0 Å². The second-order valence-corrected chi connectivity index (χ2v) is 6.85. The van der Waals surface area contributed by atoms with E-state index < -0.39 is 0 Å². The summed E-state index contributed by atoms with van der Waals surface area (Å²) >= 11 is 0. The van der Waals surface area contributed by atoms with Gasteiger partial charge in [0.05, 0.1) is 0 Å². The SMILES string of the molecule is CC1CCCC2CCCC[S+]12. The maximum atomic E-state index is 2.49. The van der Waals surface area contributed by atoms with E-state index in [1.54, 1.807) is 18.6 Å². The Morgan fingerprint density at radius 2 is 1.82 bits per heavy atom. The van der Waals surface area contributed by atoms with Gasteiger partial charge in [-0.25, -0.2) is 0 Å². The van der Waals surface area contributed by atoms with Crippen molar-refractivity contribution in [1.29, 1.82) is 0 Å². The molecule has 2 aliphatic heterocycles. The second-order valence-electron chi connectivity index (χ2n) is 4.03. The summed E-state index contributed by atoms with van der Waals surface area (Å²) in [7, 11) is 0.853. The molecule has 0 nitrogen and oxygen atoms in total. The third-order valence-corrected chi connectivity index (χ3v) is 6.60. The van der Waals surface area contributed by atoms with Crippen LogP contribution in [0.5, 0.6) is 0 Å². The van der Waals surface area contributed by atoms with Gasteiger partial charge in [0.25, 0.3) is 0 Å². The van der Waals surface area contributed by atoms with Crippen LogP contribution in [-0.4, -0.2) is 16.3 Å². The van der Waals surface area contributed by atoms with Crippen LogP contribution in [-0.2, 0) is 10.9 Å². The van der Waals surface area contributed by atoms with E-state index in [0.717, 1.165) is 21.4 Å². The lowest BCUT2D eigenvalue weighted by Crippen LogP contribution is -2.39. The lowest BCUT2D eigenvalue weighted by molar-refractivity contribution is 0.547. The molecular weight excluding hydrogens is 152 g/mol. The van der Waals surface area contributed by atoms with E-state index in [2.05, 4.69) is 6.92 Å². The smallest absolute Gasteiger partial charge is 0.0441 e. The lowest BCUT2D eigenvalue weighted by atomic mass is 10.1. The topological polar surface area (TPSA) is 0 Å². The minimum Gasteiger partial charge on any atom is -0.0441 e. The third-order valence-electron chi connectivity index (χ3n) is 3.24. The van der Waals surface area contributed by atoms with Gasteiger partial charge < -0.3 is 0 Å². The van der Waals surface area contributed by atoms with Crippen LogP contribution in [0.4, 0.5) is 0 Å². The molecule has 2 rings (SSSR count). The molecule has 2 fully saturated rings. The standard InChI is InChI=1S/C10H19S/c1-9-5-4-7-10-6-2-3-8-11(9)10/h9-10H,2-8H2,1H3/q+1. The summed E-state index contributed by atoms with van der Waals surface area (Å²) in [6.07, 6.45) is 9.24. The zero-order valence-electron chi connectivity index (χ0n) is 7.51. The van der Waals surface area contributed by atoms with Gasteiger partial charge in [0.15, 0.2) is 0 Å². The largest absolute Gasteiger partial charge is 0.118 e. The highest BCUT2D eigenvalue weighted by Gasteiger charge is 2.40. The fourth-order valence-electron chi connectivity index (χ4n) is 2.57. The average molecular weight is 171 g/mol. The van der Waals surface area contributed by atoms with Crippen LogP contribution in [0.3, 0.4) is 0 Å². The van der Waals surface area contributed by atoms with E-state index >= 15 is 0 Å². The Kier molecular flexibility index (Phi) is 2.45. The van der Waals surface area contributed by atoms with E-state index in [0.29, 0.717) is 0 Å². The van der Waals surface area contributed by atoms with E-state index in [4.69, 9.17) is 0 Å². The maximum Gasteiger partial charge on any atom is 0.118 e. The molecule has 0 aromatic rings. The van der Waals surface area contributed by atoms with Crippen molar-refractivity contribution in [2.75, 3.05) is 5.75 Å². The normalized spacial score (nSPS) is 45.0. The molecule has 2 heterocycles. The Labute approximate surface area is 73.1 Å². The molecule has 0 N–H and O–H groups in total. The second kappa shape index (κ2) is 3.38. The molecule has 3 atom stereocenters. The van der Waals surface area contributed by atoms with Gasteiger partial charge in [-0.2, -0.15) is 0 Å². The van der Waals surface area contributed by atoms with Crippen molar-refractivity contribution in [2.24, 2.45) is 0 Å². The molecule has 1 heteroatoms. The van der Waals surface area contributed by atoms with Gasteiger partial charge >= 0.3 is 0 Å². The molecule has 0 amide bonds. The van der Waals surface area contributed by atoms with Crippen LogP contribution in [0, 0.1) is 0 Å². The number of fused-ring (bicyclic) bond motifs is 1. The number of hydrogen-bond acceptors (Lipinski definition) is 0. The highest BCUT2D eigenvalue weighted by molar-refractivity contribution is 7.98. The van der Waals surface area contributed by atoms with Crippen molar-refractivity contribution >= 4 is 10.9 Å². The molecule has 0 radical (unpaired) electrons. The van der Waals surface area contributed by atoms with Crippen LogP contribution in [0.2, 0.25) is 0 Å². The van der Waals surface area contributed by atoms with Gasteiger partial charge in [-0.1, -0.05) is 0 Å². The Bertz CT molecular complexity index is 131. The summed E-state index contributed by atoms with van der Waals surface area (Å²) in [5.41, 5.74) is 0. The first-order valence-electron chi connectivity index (χ1n) is 5.06. The van der Waals surface area contributed by atoms with Gasteiger partial charge in [0.1, 0.15) is 16.3 Å². The first kappa shape index (κ1) is 7.97. The van der Waals surface area contributed by atoms with Crippen LogP contribution in [0.1, 0.15) is 45.4 Å². The Morgan fingerprint density at radius 1 is 1.00 bits per heavy atom. The number of hydrogen-bond donors (Lipinski definition) is 0. The molecule has 2 saturated heterocycles. The number of rotatable bonds is 0. The molecule has 0 spiro atoms. The minimum absolute atomic E-state index is 0.853. The van der Waals surface area contributed by atoms with E-state index in [1.165, 1.54) is 25.7 Å². The minimum atomic E-state index is 0.853. The van der Waals surface area contributed by atoms with Gasteiger partial charge in [0.2, 0.25) is 0 Å². The zero-order chi connectivity index (χ0) is 7.68. The monoisotopic (exact) mass is 171 g/mol. The quantitative estimate of drug-likeness (QED) is 0.492. The molecule has 3 unspecified atom stereocenters. The molecule has 64 valence electrons. The van der Waals surface area contributed by atoms with Crippen molar-refractivity contribution in [1.82, 2.24) is 0 Å².